The van der Waals surface area contributed by atoms with Crippen molar-refractivity contribution in [2.75, 3.05) is 6.61 Å². The second-order valence-corrected chi connectivity index (χ2v) is 7.86. The van der Waals surface area contributed by atoms with Crippen LogP contribution in [-0.4, -0.2) is 35.3 Å². The molecule has 0 amide bonds. The third-order valence-electron chi connectivity index (χ3n) is 5.62. The lowest BCUT2D eigenvalue weighted by Gasteiger charge is -2.06. The third-order valence-corrected chi connectivity index (χ3v) is 5.62. The summed E-state index contributed by atoms with van der Waals surface area (Å²) in [4.78, 5) is 26.7. The zero-order valence-corrected chi connectivity index (χ0v) is 17.0. The number of hydrogen-bond acceptors (Lipinski definition) is 6. The Labute approximate surface area is 180 Å². The molecule has 1 aromatic carbocycles. The highest BCUT2D eigenvalue weighted by molar-refractivity contribution is 5.87. The van der Waals surface area contributed by atoms with Gasteiger partial charge >= 0.3 is 5.69 Å². The Balaban J connectivity index is 1.45. The van der Waals surface area contributed by atoms with Crippen molar-refractivity contribution in [2.45, 2.75) is 25.9 Å². The fourth-order valence-corrected chi connectivity index (χ4v) is 3.88. The molecule has 1 aliphatic carbocycles. The molecule has 0 spiro atoms. The highest BCUT2D eigenvalue weighted by Crippen LogP contribution is 2.31. The van der Waals surface area contributed by atoms with Gasteiger partial charge in [-0.05, 0) is 55.2 Å². The Bertz CT molecular complexity index is 1460. The van der Waals surface area contributed by atoms with E-state index in [9.17, 15) is 9.18 Å². The number of halogens is 1. The van der Waals surface area contributed by atoms with Gasteiger partial charge in [0.25, 0.3) is 0 Å². The fraction of sp³-hybridized carbons (Fsp3) is 0.273. The van der Waals surface area contributed by atoms with E-state index in [2.05, 4.69) is 15.0 Å². The average Bonchev–Trinajstić information content (AvgIpc) is 3.21. The van der Waals surface area contributed by atoms with Crippen molar-refractivity contribution in [1.29, 1.82) is 0 Å². The molecular formula is C22H19FN6O3. The Kier molecular flexibility index (Phi) is 4.30. The molecule has 10 heteroatoms. The predicted octanol–water partition coefficient (Wildman–Crippen LogP) is 3.13. The topological polar surface area (TPSA) is 92.4 Å². The number of nitrogens with zero attached hydrogens (tertiary/aromatic N) is 6. The molecule has 5 aromatic rings. The second kappa shape index (κ2) is 7.33. The van der Waals surface area contributed by atoms with E-state index in [1.54, 1.807) is 38.2 Å². The maximum atomic E-state index is 13.3. The van der Waals surface area contributed by atoms with Gasteiger partial charge in [-0.1, -0.05) is 0 Å². The zero-order valence-electron chi connectivity index (χ0n) is 17.0. The van der Waals surface area contributed by atoms with Gasteiger partial charge in [0.2, 0.25) is 5.78 Å². The number of fused-ring (bicyclic) bond motifs is 3. The molecule has 1 fully saturated rings. The Morgan fingerprint density at radius 2 is 2.00 bits per heavy atom. The van der Waals surface area contributed by atoms with E-state index < -0.39 is 0 Å². The molecule has 4 heterocycles. The van der Waals surface area contributed by atoms with Crippen LogP contribution in [0.5, 0.6) is 5.75 Å². The van der Waals surface area contributed by atoms with Gasteiger partial charge in [-0.3, -0.25) is 4.57 Å². The van der Waals surface area contributed by atoms with Crippen LogP contribution in [-0.2, 0) is 13.1 Å². The molecule has 0 radical (unpaired) electrons. The minimum atomic E-state index is -0.329. The number of imidazole rings is 1. The van der Waals surface area contributed by atoms with Crippen LogP contribution in [0.4, 0.5) is 4.39 Å². The van der Waals surface area contributed by atoms with Crippen LogP contribution in [0.3, 0.4) is 0 Å². The summed E-state index contributed by atoms with van der Waals surface area (Å²) in [7, 11) is 0. The Morgan fingerprint density at radius 1 is 1.16 bits per heavy atom. The number of benzene rings is 1. The SMILES string of the molecule is O=c1n(CCOc2ccc(F)cc2)c2nc3ncnc(-c4ccco4)c3n2n1CC1CC1. The van der Waals surface area contributed by atoms with Crippen molar-refractivity contribution < 1.29 is 13.5 Å². The van der Waals surface area contributed by atoms with Gasteiger partial charge in [0.05, 0.1) is 12.8 Å². The lowest BCUT2D eigenvalue weighted by Crippen LogP contribution is -2.28. The van der Waals surface area contributed by atoms with Crippen LogP contribution in [0, 0.1) is 11.7 Å². The standard InChI is InChI=1S/C22H19FN6O3/c23-15-5-7-16(8-6-15)31-11-9-27-21-26-20-19(18(24-13-25-20)17-2-1-10-32-17)29(21)28(22(27)30)12-14-3-4-14/h1-2,5-8,10,13-14H,3-4,9,11-12H2. The van der Waals surface area contributed by atoms with Crippen molar-refractivity contribution >= 4 is 16.9 Å². The summed E-state index contributed by atoms with van der Waals surface area (Å²) in [5, 5.41) is 0. The quantitative estimate of drug-likeness (QED) is 0.391. The van der Waals surface area contributed by atoms with Gasteiger partial charge in [0.1, 0.15) is 35.7 Å². The summed E-state index contributed by atoms with van der Waals surface area (Å²) in [6.07, 6.45) is 5.22. The normalized spacial score (nSPS) is 13.9. The number of aromatic nitrogens is 6. The summed E-state index contributed by atoms with van der Waals surface area (Å²) in [6.45, 7) is 1.11. The van der Waals surface area contributed by atoms with Crippen molar-refractivity contribution in [1.82, 2.24) is 28.7 Å². The van der Waals surface area contributed by atoms with Crippen LogP contribution in [0.1, 0.15) is 12.8 Å². The van der Waals surface area contributed by atoms with E-state index in [-0.39, 0.29) is 24.7 Å². The molecule has 4 aromatic heterocycles. The first kappa shape index (κ1) is 18.8. The maximum absolute atomic E-state index is 13.3. The van der Waals surface area contributed by atoms with Gasteiger partial charge in [-0.25, -0.2) is 28.4 Å². The Morgan fingerprint density at radius 3 is 2.75 bits per heavy atom. The van der Waals surface area contributed by atoms with Crippen LogP contribution in [0.25, 0.3) is 28.4 Å². The average molecular weight is 434 g/mol. The van der Waals surface area contributed by atoms with E-state index in [0.29, 0.717) is 46.6 Å². The van der Waals surface area contributed by atoms with E-state index in [1.807, 2.05) is 6.07 Å². The summed E-state index contributed by atoms with van der Waals surface area (Å²) in [5.74, 6) is 1.73. The summed E-state index contributed by atoms with van der Waals surface area (Å²) in [5.41, 5.74) is 1.53. The van der Waals surface area contributed by atoms with Gasteiger partial charge in [0, 0.05) is 6.54 Å². The monoisotopic (exact) mass is 434 g/mol. The predicted molar refractivity (Wildman–Crippen MR) is 113 cm³/mol. The van der Waals surface area contributed by atoms with Crippen LogP contribution < -0.4 is 10.4 Å². The van der Waals surface area contributed by atoms with Crippen molar-refractivity contribution in [3.63, 3.8) is 0 Å². The summed E-state index contributed by atoms with van der Waals surface area (Å²) >= 11 is 0. The van der Waals surface area contributed by atoms with E-state index in [4.69, 9.17) is 9.15 Å². The molecule has 0 unspecified atom stereocenters. The van der Waals surface area contributed by atoms with Gasteiger partial charge in [-0.2, -0.15) is 4.98 Å². The number of furan rings is 1. The lowest BCUT2D eigenvalue weighted by atomic mass is 10.3. The first-order valence-corrected chi connectivity index (χ1v) is 10.4. The molecule has 32 heavy (non-hydrogen) atoms. The third kappa shape index (κ3) is 3.15. The van der Waals surface area contributed by atoms with Crippen LogP contribution in [0.2, 0.25) is 0 Å². The molecule has 1 aliphatic rings. The first-order chi connectivity index (χ1) is 15.7. The minimum Gasteiger partial charge on any atom is -0.492 e. The molecule has 0 N–H and O–H groups in total. The van der Waals surface area contributed by atoms with Gasteiger partial charge < -0.3 is 9.15 Å². The number of ether oxygens (including phenoxy) is 1. The zero-order chi connectivity index (χ0) is 21.7. The highest BCUT2D eigenvalue weighted by atomic mass is 19.1. The molecule has 1 saturated carbocycles. The van der Waals surface area contributed by atoms with Gasteiger partial charge in [-0.15, -0.1) is 0 Å². The van der Waals surface area contributed by atoms with Crippen LogP contribution in [0.15, 0.2) is 58.2 Å². The largest absolute Gasteiger partial charge is 0.492 e. The van der Waals surface area contributed by atoms with Gasteiger partial charge in [0.15, 0.2) is 11.4 Å². The highest BCUT2D eigenvalue weighted by Gasteiger charge is 2.28. The first-order valence-electron chi connectivity index (χ1n) is 10.4. The fourth-order valence-electron chi connectivity index (χ4n) is 3.88. The second-order valence-electron chi connectivity index (χ2n) is 7.86. The molecule has 0 bridgehead atoms. The molecule has 9 nitrogen and oxygen atoms in total. The van der Waals surface area contributed by atoms with E-state index in [0.717, 1.165) is 12.8 Å². The lowest BCUT2D eigenvalue weighted by molar-refractivity contribution is 0.297. The number of rotatable bonds is 7. The Hall–Kier alpha value is -3.95. The van der Waals surface area contributed by atoms with Crippen molar-refractivity contribution in [2.24, 2.45) is 5.92 Å². The summed E-state index contributed by atoms with van der Waals surface area (Å²) in [6, 6.07) is 9.39. The van der Waals surface area contributed by atoms with Crippen molar-refractivity contribution in [3.05, 3.63) is 65.3 Å². The van der Waals surface area contributed by atoms with E-state index in [1.165, 1.54) is 18.5 Å². The maximum Gasteiger partial charge on any atom is 0.346 e. The minimum absolute atomic E-state index is 0.168. The van der Waals surface area contributed by atoms with E-state index >= 15 is 0 Å². The molecule has 0 aliphatic heterocycles. The van der Waals surface area contributed by atoms with Crippen LogP contribution >= 0.6 is 0 Å². The molecule has 0 saturated heterocycles. The smallest absolute Gasteiger partial charge is 0.346 e. The summed E-state index contributed by atoms with van der Waals surface area (Å²) < 4.78 is 29.5. The molecule has 6 rings (SSSR count). The molecule has 162 valence electrons. The van der Waals surface area contributed by atoms with Crippen molar-refractivity contribution in [3.8, 4) is 17.2 Å². The molecule has 0 atom stereocenters. The molecular weight excluding hydrogens is 415 g/mol. The number of hydrogen-bond donors (Lipinski definition) is 0.